The fourth-order valence-corrected chi connectivity index (χ4v) is 3.97. The smallest absolute Gasteiger partial charge is 0.0649 e. The number of hydrogen-bond donors (Lipinski definition) is 1. The van der Waals surface area contributed by atoms with E-state index in [1.807, 2.05) is 47.5 Å². The number of para-hydroxylation sites is 1. The molecule has 1 fully saturated rings. The molecule has 4 rings (SSSR count). The molecule has 1 aliphatic rings. The van der Waals surface area contributed by atoms with E-state index in [0.717, 1.165) is 25.3 Å². The molecule has 2 aromatic heterocycles. The molecule has 0 radical (unpaired) electrons. The fraction of sp³-hybridized carbons (Fsp3) is 0.333. The van der Waals surface area contributed by atoms with E-state index in [4.69, 9.17) is 0 Å². The molecule has 3 aromatic rings. The van der Waals surface area contributed by atoms with Crippen LogP contribution >= 0.6 is 0 Å². The summed E-state index contributed by atoms with van der Waals surface area (Å²) in [6.45, 7) is 2.94. The third-order valence-electron chi connectivity index (χ3n) is 5.23. The Morgan fingerprint density at radius 3 is 2.77 bits per heavy atom. The minimum absolute atomic E-state index is 0.440. The van der Waals surface area contributed by atoms with Crippen LogP contribution in [0, 0.1) is 5.92 Å². The Morgan fingerprint density at radius 1 is 1.08 bits per heavy atom. The summed E-state index contributed by atoms with van der Waals surface area (Å²) >= 11 is 0. The topological polar surface area (TPSA) is 46.0 Å². The summed E-state index contributed by atoms with van der Waals surface area (Å²) in [5, 5.41) is 8.12. The molecule has 3 heterocycles. The van der Waals surface area contributed by atoms with Crippen LogP contribution in [0.4, 0.5) is 0 Å². The van der Waals surface area contributed by atoms with Crippen LogP contribution in [-0.4, -0.2) is 39.8 Å². The molecular weight excluding hydrogens is 322 g/mol. The zero-order valence-electron chi connectivity index (χ0n) is 15.1. The van der Waals surface area contributed by atoms with Crippen molar-refractivity contribution < 1.29 is 0 Å². The average Bonchev–Trinajstić information content (AvgIpc) is 3.30. The van der Waals surface area contributed by atoms with Crippen molar-refractivity contribution in [3.05, 3.63) is 78.4 Å². The zero-order valence-corrected chi connectivity index (χ0v) is 15.1. The lowest BCUT2D eigenvalue weighted by molar-refractivity contribution is 0.271. The zero-order chi connectivity index (χ0) is 17.8. The summed E-state index contributed by atoms with van der Waals surface area (Å²) < 4.78 is 2.01. The SMILES string of the molecule is CN1CC[C@@H](CNCc2ccnn2-c2ccccc2)[C@@H]1c1cccnc1. The van der Waals surface area contributed by atoms with Crippen molar-refractivity contribution in [3.8, 4) is 5.69 Å². The molecule has 0 saturated carbocycles. The van der Waals surface area contributed by atoms with Gasteiger partial charge in [-0.2, -0.15) is 5.10 Å². The van der Waals surface area contributed by atoms with E-state index in [1.165, 1.54) is 17.7 Å². The molecule has 2 atom stereocenters. The molecule has 1 aromatic carbocycles. The highest BCUT2D eigenvalue weighted by atomic mass is 15.3. The lowest BCUT2D eigenvalue weighted by Gasteiger charge is -2.25. The summed E-state index contributed by atoms with van der Waals surface area (Å²) in [5.41, 5.74) is 3.59. The summed E-state index contributed by atoms with van der Waals surface area (Å²) in [4.78, 5) is 6.75. The summed E-state index contributed by atoms with van der Waals surface area (Å²) in [6, 6.07) is 17.0. The monoisotopic (exact) mass is 347 g/mol. The average molecular weight is 347 g/mol. The van der Waals surface area contributed by atoms with Gasteiger partial charge in [-0.3, -0.25) is 9.88 Å². The minimum atomic E-state index is 0.440. The third-order valence-corrected chi connectivity index (χ3v) is 5.23. The van der Waals surface area contributed by atoms with Crippen LogP contribution in [0.1, 0.15) is 23.7 Å². The number of pyridine rings is 1. The van der Waals surface area contributed by atoms with Crippen LogP contribution in [0.5, 0.6) is 0 Å². The summed E-state index contributed by atoms with van der Waals surface area (Å²) in [7, 11) is 2.21. The van der Waals surface area contributed by atoms with E-state index < -0.39 is 0 Å². The molecule has 0 amide bonds. The highest BCUT2D eigenvalue weighted by Gasteiger charge is 2.32. The van der Waals surface area contributed by atoms with Gasteiger partial charge in [-0.1, -0.05) is 24.3 Å². The highest BCUT2D eigenvalue weighted by molar-refractivity contribution is 5.32. The molecule has 5 nitrogen and oxygen atoms in total. The van der Waals surface area contributed by atoms with Gasteiger partial charge in [0.05, 0.1) is 11.4 Å². The van der Waals surface area contributed by atoms with Crippen molar-refractivity contribution in [1.82, 2.24) is 25.0 Å². The van der Waals surface area contributed by atoms with E-state index >= 15 is 0 Å². The molecular formula is C21H25N5. The second kappa shape index (κ2) is 7.81. The molecule has 1 N–H and O–H groups in total. The first-order valence-electron chi connectivity index (χ1n) is 9.22. The number of hydrogen-bond acceptors (Lipinski definition) is 4. The maximum absolute atomic E-state index is 4.47. The molecule has 0 aliphatic carbocycles. The van der Waals surface area contributed by atoms with Gasteiger partial charge in [-0.25, -0.2) is 4.68 Å². The number of nitrogens with zero attached hydrogens (tertiary/aromatic N) is 4. The van der Waals surface area contributed by atoms with Gasteiger partial charge in [-0.05, 0) is 55.8 Å². The third kappa shape index (κ3) is 3.54. The second-order valence-corrected chi connectivity index (χ2v) is 6.96. The molecule has 0 bridgehead atoms. The highest BCUT2D eigenvalue weighted by Crippen LogP contribution is 2.35. The van der Waals surface area contributed by atoms with Gasteiger partial charge < -0.3 is 5.32 Å². The maximum Gasteiger partial charge on any atom is 0.0649 e. The van der Waals surface area contributed by atoms with E-state index in [0.29, 0.717) is 12.0 Å². The second-order valence-electron chi connectivity index (χ2n) is 6.96. The van der Waals surface area contributed by atoms with Gasteiger partial charge in [0, 0.05) is 37.7 Å². The Labute approximate surface area is 154 Å². The Bertz CT molecular complexity index is 815. The van der Waals surface area contributed by atoms with Gasteiger partial charge in [0.15, 0.2) is 0 Å². The summed E-state index contributed by atoms with van der Waals surface area (Å²) in [5.74, 6) is 0.595. The molecule has 0 unspecified atom stereocenters. The standard InChI is InChI=1S/C21H25N5/c1-25-13-10-18(21(25)17-6-5-11-22-14-17)15-23-16-20-9-12-24-26(20)19-7-3-2-4-8-19/h2-9,11-12,14,18,21,23H,10,13,15-16H2,1H3/t18-,21-/m0/s1. The van der Waals surface area contributed by atoms with Crippen LogP contribution in [-0.2, 0) is 6.54 Å². The number of nitrogens with one attached hydrogen (secondary N) is 1. The predicted molar refractivity (Wildman–Crippen MR) is 103 cm³/mol. The number of rotatable bonds is 6. The van der Waals surface area contributed by atoms with Crippen molar-refractivity contribution in [1.29, 1.82) is 0 Å². The van der Waals surface area contributed by atoms with Crippen molar-refractivity contribution in [2.75, 3.05) is 20.1 Å². The molecule has 134 valence electrons. The van der Waals surface area contributed by atoms with Crippen LogP contribution in [0.2, 0.25) is 0 Å². The number of benzene rings is 1. The van der Waals surface area contributed by atoms with Gasteiger partial charge in [0.25, 0.3) is 0 Å². The normalized spacial score (nSPS) is 20.5. The van der Waals surface area contributed by atoms with E-state index in [1.54, 1.807) is 0 Å². The first kappa shape index (κ1) is 16.9. The molecule has 1 saturated heterocycles. The van der Waals surface area contributed by atoms with E-state index in [2.05, 4.69) is 51.6 Å². The molecule has 5 heteroatoms. The van der Waals surface area contributed by atoms with Gasteiger partial charge in [-0.15, -0.1) is 0 Å². The first-order chi connectivity index (χ1) is 12.8. The van der Waals surface area contributed by atoms with Crippen LogP contribution in [0.15, 0.2) is 67.1 Å². The minimum Gasteiger partial charge on any atom is -0.311 e. The first-order valence-corrected chi connectivity index (χ1v) is 9.22. The number of likely N-dealkylation sites (tertiary alicyclic amines) is 1. The van der Waals surface area contributed by atoms with Crippen molar-refractivity contribution in [2.24, 2.45) is 5.92 Å². The predicted octanol–water partition coefficient (Wildman–Crippen LogP) is 3.05. The largest absolute Gasteiger partial charge is 0.311 e. The lowest BCUT2D eigenvalue weighted by Crippen LogP contribution is -2.29. The van der Waals surface area contributed by atoms with Gasteiger partial charge >= 0.3 is 0 Å². The van der Waals surface area contributed by atoms with Crippen molar-refractivity contribution in [2.45, 2.75) is 19.0 Å². The molecule has 1 aliphatic heterocycles. The van der Waals surface area contributed by atoms with Crippen LogP contribution < -0.4 is 5.32 Å². The lowest BCUT2D eigenvalue weighted by atomic mass is 9.95. The van der Waals surface area contributed by atoms with Crippen LogP contribution in [0.25, 0.3) is 5.69 Å². The summed E-state index contributed by atoms with van der Waals surface area (Å²) in [6.07, 6.45) is 6.92. The Balaban J connectivity index is 1.40. The van der Waals surface area contributed by atoms with Crippen molar-refractivity contribution >= 4 is 0 Å². The molecule has 26 heavy (non-hydrogen) atoms. The van der Waals surface area contributed by atoms with E-state index in [9.17, 15) is 0 Å². The Morgan fingerprint density at radius 2 is 1.96 bits per heavy atom. The van der Waals surface area contributed by atoms with E-state index in [-0.39, 0.29) is 0 Å². The maximum atomic E-state index is 4.47. The fourth-order valence-electron chi connectivity index (χ4n) is 3.97. The molecule has 0 spiro atoms. The van der Waals surface area contributed by atoms with Gasteiger partial charge in [0.1, 0.15) is 0 Å². The van der Waals surface area contributed by atoms with Gasteiger partial charge in [0.2, 0.25) is 0 Å². The van der Waals surface area contributed by atoms with Crippen molar-refractivity contribution in [3.63, 3.8) is 0 Å². The quantitative estimate of drug-likeness (QED) is 0.744. The Kier molecular flexibility index (Phi) is 5.09. The Hall–Kier alpha value is -2.50. The van der Waals surface area contributed by atoms with Crippen LogP contribution in [0.3, 0.4) is 0 Å². The number of aromatic nitrogens is 3.